The molecule has 0 spiro atoms. The van der Waals surface area contributed by atoms with E-state index < -0.39 is 0 Å². The summed E-state index contributed by atoms with van der Waals surface area (Å²) in [7, 11) is 1.71. The summed E-state index contributed by atoms with van der Waals surface area (Å²) in [5, 5.41) is 0.470. The summed E-state index contributed by atoms with van der Waals surface area (Å²) < 4.78 is 7.42. The highest BCUT2D eigenvalue weighted by molar-refractivity contribution is 5.81. The number of ether oxygens (including phenoxy) is 1. The van der Waals surface area contributed by atoms with Gasteiger partial charge in [0, 0.05) is 19.2 Å². The minimum Gasteiger partial charge on any atom is -0.494 e. The number of nitrogen functional groups attached to an aromatic ring is 1. The molecular formula is C22H27N5O2. The smallest absolute Gasteiger partial charge is 0.261 e. The molecular weight excluding hydrogens is 366 g/mol. The minimum atomic E-state index is -0.142. The average Bonchev–Trinajstić information content (AvgIpc) is 2.75. The molecule has 2 N–H and O–H groups in total. The van der Waals surface area contributed by atoms with Crippen LogP contribution in [0.15, 0.2) is 41.3 Å². The number of rotatable bonds is 6. The second-order valence-electron chi connectivity index (χ2n) is 7.55. The molecule has 0 radical (unpaired) electrons. The zero-order chi connectivity index (χ0) is 20.2. The Kier molecular flexibility index (Phi) is 5.76. The Hall–Kier alpha value is -2.93. The van der Waals surface area contributed by atoms with Crippen molar-refractivity contribution < 1.29 is 4.74 Å². The van der Waals surface area contributed by atoms with Gasteiger partial charge in [-0.2, -0.15) is 0 Å². The molecule has 3 heterocycles. The van der Waals surface area contributed by atoms with E-state index in [9.17, 15) is 4.79 Å². The highest BCUT2D eigenvalue weighted by Crippen LogP contribution is 2.22. The van der Waals surface area contributed by atoms with Crippen molar-refractivity contribution in [1.29, 1.82) is 0 Å². The number of aromatic nitrogens is 3. The van der Waals surface area contributed by atoms with Gasteiger partial charge in [-0.25, -0.2) is 9.97 Å². The summed E-state index contributed by atoms with van der Waals surface area (Å²) in [6, 6.07) is 9.27. The van der Waals surface area contributed by atoms with E-state index in [4.69, 9.17) is 10.5 Å². The van der Waals surface area contributed by atoms with Gasteiger partial charge in [-0.3, -0.25) is 9.36 Å². The van der Waals surface area contributed by atoms with Crippen LogP contribution in [0.2, 0.25) is 0 Å². The van der Waals surface area contributed by atoms with Gasteiger partial charge >= 0.3 is 0 Å². The number of fused-ring (bicyclic) bond motifs is 1. The molecule has 7 heteroatoms. The standard InChI is InChI=1S/C22H27N5O2/c1-26-21(25-19-15-24-20(23)14-18(19)22(26)28)16-6-8-17(9-7-16)29-13-5-12-27-10-3-2-4-11-27/h6-9,14-15H,2-5,10-13H2,1H3,(H2,23,24). The maximum absolute atomic E-state index is 12.7. The molecule has 1 saturated heterocycles. The first-order valence-corrected chi connectivity index (χ1v) is 10.2. The summed E-state index contributed by atoms with van der Waals surface area (Å²) in [5.41, 5.74) is 6.94. The van der Waals surface area contributed by atoms with E-state index in [2.05, 4.69) is 14.9 Å². The largest absolute Gasteiger partial charge is 0.494 e. The second-order valence-corrected chi connectivity index (χ2v) is 7.55. The van der Waals surface area contributed by atoms with Crippen molar-refractivity contribution >= 4 is 16.7 Å². The van der Waals surface area contributed by atoms with Crippen molar-refractivity contribution in [3.05, 3.63) is 46.9 Å². The fourth-order valence-corrected chi connectivity index (χ4v) is 3.81. The third-order valence-corrected chi connectivity index (χ3v) is 5.43. The van der Waals surface area contributed by atoms with Crippen LogP contribution in [-0.4, -0.2) is 45.7 Å². The lowest BCUT2D eigenvalue weighted by Crippen LogP contribution is -2.31. The van der Waals surface area contributed by atoms with Gasteiger partial charge in [-0.15, -0.1) is 0 Å². The number of anilines is 1. The molecule has 0 unspecified atom stereocenters. The molecule has 0 aliphatic carbocycles. The quantitative estimate of drug-likeness (QED) is 0.648. The van der Waals surface area contributed by atoms with Crippen LogP contribution in [0.3, 0.4) is 0 Å². The summed E-state index contributed by atoms with van der Waals surface area (Å²) in [6.45, 7) is 4.23. The van der Waals surface area contributed by atoms with Gasteiger partial charge in [-0.05, 0) is 62.7 Å². The van der Waals surface area contributed by atoms with Crippen molar-refractivity contribution in [2.75, 3.05) is 32.0 Å². The van der Waals surface area contributed by atoms with Crippen LogP contribution >= 0.6 is 0 Å². The highest BCUT2D eigenvalue weighted by Gasteiger charge is 2.12. The third kappa shape index (κ3) is 4.40. The summed E-state index contributed by atoms with van der Waals surface area (Å²) in [4.78, 5) is 23.8. The number of piperidine rings is 1. The predicted octanol–water partition coefficient (Wildman–Crippen LogP) is 2.83. The third-order valence-electron chi connectivity index (χ3n) is 5.43. The zero-order valence-electron chi connectivity index (χ0n) is 16.8. The van der Waals surface area contributed by atoms with Crippen LogP contribution in [0.25, 0.3) is 22.3 Å². The Labute approximate surface area is 170 Å². The Balaban J connectivity index is 1.43. The van der Waals surface area contributed by atoms with Gasteiger partial charge in [0.1, 0.15) is 17.4 Å². The lowest BCUT2D eigenvalue weighted by Gasteiger charge is -2.26. The average molecular weight is 393 g/mol. The Morgan fingerprint density at radius 1 is 1.14 bits per heavy atom. The highest BCUT2D eigenvalue weighted by atomic mass is 16.5. The molecule has 1 aromatic carbocycles. The molecule has 29 heavy (non-hydrogen) atoms. The van der Waals surface area contributed by atoms with Crippen LogP contribution in [0.1, 0.15) is 25.7 Å². The number of likely N-dealkylation sites (tertiary alicyclic amines) is 1. The van der Waals surface area contributed by atoms with Gasteiger partial charge in [-0.1, -0.05) is 6.42 Å². The topological polar surface area (TPSA) is 86.3 Å². The number of pyridine rings is 1. The van der Waals surface area contributed by atoms with E-state index >= 15 is 0 Å². The normalized spacial score (nSPS) is 14.9. The van der Waals surface area contributed by atoms with Crippen molar-refractivity contribution in [3.63, 3.8) is 0 Å². The predicted molar refractivity (Wildman–Crippen MR) is 115 cm³/mol. The van der Waals surface area contributed by atoms with E-state index in [1.54, 1.807) is 13.1 Å². The van der Waals surface area contributed by atoms with Gasteiger partial charge in [0.05, 0.1) is 23.7 Å². The lowest BCUT2D eigenvalue weighted by molar-refractivity contribution is 0.205. The first-order valence-electron chi connectivity index (χ1n) is 10.2. The first kappa shape index (κ1) is 19.4. The van der Waals surface area contributed by atoms with Gasteiger partial charge in [0.25, 0.3) is 5.56 Å². The van der Waals surface area contributed by atoms with Crippen molar-refractivity contribution in [2.45, 2.75) is 25.7 Å². The molecule has 3 aromatic rings. The zero-order valence-corrected chi connectivity index (χ0v) is 16.8. The Morgan fingerprint density at radius 3 is 2.66 bits per heavy atom. The van der Waals surface area contributed by atoms with Crippen molar-refractivity contribution in [2.24, 2.45) is 7.05 Å². The van der Waals surface area contributed by atoms with Crippen molar-refractivity contribution in [1.82, 2.24) is 19.4 Å². The Bertz CT molecular complexity index is 1040. The monoisotopic (exact) mass is 393 g/mol. The van der Waals surface area contributed by atoms with Crippen molar-refractivity contribution in [3.8, 4) is 17.1 Å². The Morgan fingerprint density at radius 2 is 1.90 bits per heavy atom. The fraction of sp³-hybridized carbons (Fsp3) is 0.409. The molecule has 152 valence electrons. The van der Waals surface area contributed by atoms with E-state index in [1.807, 2.05) is 24.3 Å². The minimum absolute atomic E-state index is 0.142. The van der Waals surface area contributed by atoms with Crippen LogP contribution in [0.4, 0.5) is 5.82 Å². The molecule has 0 atom stereocenters. The van der Waals surface area contributed by atoms with E-state index in [0.29, 0.717) is 29.2 Å². The molecule has 0 amide bonds. The maximum Gasteiger partial charge on any atom is 0.261 e. The van der Waals surface area contributed by atoms with E-state index in [0.717, 1.165) is 24.3 Å². The first-order chi connectivity index (χ1) is 14.1. The van der Waals surface area contributed by atoms with Crippen LogP contribution < -0.4 is 16.0 Å². The molecule has 2 aromatic heterocycles. The summed E-state index contributed by atoms with van der Waals surface area (Å²) in [6.07, 6.45) is 6.56. The van der Waals surface area contributed by atoms with Gasteiger partial charge in [0.2, 0.25) is 0 Å². The number of nitrogens with two attached hydrogens (primary N) is 1. The number of hydrogen-bond acceptors (Lipinski definition) is 6. The fourth-order valence-electron chi connectivity index (χ4n) is 3.81. The van der Waals surface area contributed by atoms with Crippen LogP contribution in [0.5, 0.6) is 5.75 Å². The molecule has 1 aliphatic heterocycles. The summed E-state index contributed by atoms with van der Waals surface area (Å²) >= 11 is 0. The second kappa shape index (κ2) is 8.61. The van der Waals surface area contributed by atoms with E-state index in [-0.39, 0.29) is 5.56 Å². The molecule has 0 saturated carbocycles. The molecule has 7 nitrogen and oxygen atoms in total. The number of hydrogen-bond donors (Lipinski definition) is 1. The maximum atomic E-state index is 12.7. The summed E-state index contributed by atoms with van der Waals surface area (Å²) in [5.74, 6) is 1.73. The number of nitrogens with zero attached hydrogens (tertiary/aromatic N) is 4. The van der Waals surface area contributed by atoms with Crippen LogP contribution in [-0.2, 0) is 7.05 Å². The molecule has 1 aliphatic rings. The molecule has 1 fully saturated rings. The van der Waals surface area contributed by atoms with Crippen LogP contribution in [0, 0.1) is 0 Å². The molecule has 4 rings (SSSR count). The van der Waals surface area contributed by atoms with E-state index in [1.165, 1.54) is 43.1 Å². The SMILES string of the molecule is Cn1c(-c2ccc(OCCCN3CCCCC3)cc2)nc2cnc(N)cc2c1=O. The lowest BCUT2D eigenvalue weighted by atomic mass is 10.1. The number of benzene rings is 1. The van der Waals surface area contributed by atoms with Gasteiger partial charge < -0.3 is 15.4 Å². The molecule has 0 bridgehead atoms. The van der Waals surface area contributed by atoms with Gasteiger partial charge in [0.15, 0.2) is 0 Å².